The zero-order valence-electron chi connectivity index (χ0n) is 21.1. The van der Waals surface area contributed by atoms with Crippen LogP contribution >= 0.6 is 0 Å². The molecule has 190 valence electrons. The van der Waals surface area contributed by atoms with Crippen LogP contribution in [0.5, 0.6) is 17.2 Å². The smallest absolute Gasteiger partial charge is 0.226 e. The van der Waals surface area contributed by atoms with Gasteiger partial charge in [0.15, 0.2) is 23.2 Å². The van der Waals surface area contributed by atoms with Gasteiger partial charge in [-0.3, -0.25) is 14.4 Å². The number of carbonyl (C=O) groups excluding carboxylic acids is 3. The number of hydrogen-bond donors (Lipinski definition) is 3. The van der Waals surface area contributed by atoms with E-state index in [1.165, 1.54) is 26.8 Å². The Morgan fingerprint density at radius 2 is 1.89 bits per heavy atom. The fourth-order valence-corrected chi connectivity index (χ4v) is 4.57. The fraction of sp³-hybridized carbons (Fsp3) is 0.423. The number of aromatic hydroxyl groups is 2. The summed E-state index contributed by atoms with van der Waals surface area (Å²) in [5.74, 6) is -1.16. The highest BCUT2D eigenvalue weighted by atomic mass is 16.5. The molecular weight excluding hydrogens is 466 g/mol. The summed E-state index contributed by atoms with van der Waals surface area (Å²) in [5.41, 5.74) is -1.24. The number of rotatable bonds is 7. The molecule has 3 N–H and O–H groups in total. The molecule has 2 aromatic rings. The van der Waals surface area contributed by atoms with Gasteiger partial charge in [-0.1, -0.05) is 19.0 Å². The zero-order chi connectivity index (χ0) is 26.5. The third-order valence-corrected chi connectivity index (χ3v) is 6.72. The maximum absolute atomic E-state index is 13.8. The monoisotopic (exact) mass is 495 g/mol. The largest absolute Gasteiger partial charge is 0.507 e. The molecular formula is C26H29N3O7. The van der Waals surface area contributed by atoms with E-state index in [0.29, 0.717) is 36.8 Å². The van der Waals surface area contributed by atoms with E-state index in [1.807, 2.05) is 13.8 Å². The molecule has 0 radical (unpaired) electrons. The Kier molecular flexibility index (Phi) is 6.24. The molecule has 2 aliphatic rings. The molecule has 1 aliphatic carbocycles. The molecule has 0 saturated carbocycles. The number of ketones is 3. The van der Waals surface area contributed by atoms with Crippen LogP contribution in [-0.2, 0) is 21.4 Å². The number of benzene rings is 1. The standard InChI is InChI=1S/C26H29N3O7/c1-11(2)25-28-17(36-29-25)8-7-9-27-13(4)18-15(31)10-16-26(6,24(18)34)20-22(33)12(3)21(32)19(14(5)30)23(20)35-16/h10-11,27,32-33H,7-9H2,1-6H3/t26-/m0/s1. The minimum atomic E-state index is -1.54. The molecule has 10 heteroatoms. The van der Waals surface area contributed by atoms with E-state index in [2.05, 4.69) is 15.5 Å². The van der Waals surface area contributed by atoms with Gasteiger partial charge in [-0.2, -0.15) is 4.98 Å². The lowest BCUT2D eigenvalue weighted by Gasteiger charge is -2.29. The van der Waals surface area contributed by atoms with E-state index in [-0.39, 0.29) is 45.4 Å². The highest BCUT2D eigenvalue weighted by Crippen LogP contribution is 2.57. The van der Waals surface area contributed by atoms with Gasteiger partial charge >= 0.3 is 0 Å². The summed E-state index contributed by atoms with van der Waals surface area (Å²) in [6, 6.07) is 0. The molecule has 10 nitrogen and oxygen atoms in total. The number of nitrogens with one attached hydrogen (secondary N) is 1. The molecule has 0 unspecified atom stereocenters. The summed E-state index contributed by atoms with van der Waals surface area (Å²) < 4.78 is 11.0. The highest BCUT2D eigenvalue weighted by molar-refractivity contribution is 6.31. The highest BCUT2D eigenvalue weighted by Gasteiger charge is 2.56. The Bertz CT molecular complexity index is 1370. The van der Waals surface area contributed by atoms with Gasteiger partial charge in [0.2, 0.25) is 5.89 Å². The van der Waals surface area contributed by atoms with Crippen LogP contribution in [0.1, 0.15) is 80.2 Å². The van der Waals surface area contributed by atoms with Gasteiger partial charge in [0.05, 0.1) is 11.1 Å². The molecule has 0 saturated heterocycles. The summed E-state index contributed by atoms with van der Waals surface area (Å²) in [5, 5.41) is 28.4. The lowest BCUT2D eigenvalue weighted by Crippen LogP contribution is -2.41. The number of phenolic OH excluding ortho intramolecular Hbond substituents is 2. The van der Waals surface area contributed by atoms with Crippen molar-refractivity contribution in [1.29, 1.82) is 0 Å². The van der Waals surface area contributed by atoms with Crippen molar-refractivity contribution in [1.82, 2.24) is 15.5 Å². The van der Waals surface area contributed by atoms with Crippen LogP contribution in [0.2, 0.25) is 0 Å². The molecule has 1 atom stereocenters. The van der Waals surface area contributed by atoms with Crippen molar-refractivity contribution in [2.45, 2.75) is 65.7 Å². The lowest BCUT2D eigenvalue weighted by atomic mass is 9.70. The molecule has 0 bridgehead atoms. The Morgan fingerprint density at radius 3 is 2.50 bits per heavy atom. The van der Waals surface area contributed by atoms with Gasteiger partial charge in [0.25, 0.3) is 0 Å². The van der Waals surface area contributed by atoms with E-state index >= 15 is 0 Å². The second kappa shape index (κ2) is 8.92. The average Bonchev–Trinajstić information content (AvgIpc) is 3.39. The first kappa shape index (κ1) is 25.2. The van der Waals surface area contributed by atoms with E-state index in [9.17, 15) is 24.6 Å². The summed E-state index contributed by atoms with van der Waals surface area (Å²) >= 11 is 0. The normalized spacial score (nSPS) is 20.1. The van der Waals surface area contributed by atoms with Crippen molar-refractivity contribution in [3.63, 3.8) is 0 Å². The van der Waals surface area contributed by atoms with Gasteiger partial charge in [0, 0.05) is 36.2 Å². The van der Waals surface area contributed by atoms with Crippen molar-refractivity contribution in [3.05, 3.63) is 51.5 Å². The summed E-state index contributed by atoms with van der Waals surface area (Å²) in [7, 11) is 0. The molecule has 1 aliphatic heterocycles. The number of Topliss-reactive ketones (excluding diaryl/α,β-unsaturated/α-hetero) is 2. The molecule has 0 fully saturated rings. The van der Waals surface area contributed by atoms with E-state index in [1.54, 1.807) is 6.92 Å². The predicted octanol–water partition coefficient (Wildman–Crippen LogP) is 3.30. The van der Waals surface area contributed by atoms with Crippen LogP contribution in [0, 0.1) is 6.92 Å². The van der Waals surface area contributed by atoms with E-state index < -0.39 is 28.5 Å². The van der Waals surface area contributed by atoms with E-state index in [4.69, 9.17) is 9.26 Å². The molecule has 36 heavy (non-hydrogen) atoms. The first-order valence-corrected chi connectivity index (χ1v) is 11.8. The van der Waals surface area contributed by atoms with Gasteiger partial charge < -0.3 is 24.8 Å². The first-order valence-electron chi connectivity index (χ1n) is 11.8. The maximum Gasteiger partial charge on any atom is 0.226 e. The average molecular weight is 496 g/mol. The number of fused-ring (bicyclic) bond motifs is 3. The zero-order valence-corrected chi connectivity index (χ0v) is 21.1. The number of allylic oxidation sites excluding steroid dienone is 4. The van der Waals surface area contributed by atoms with E-state index in [0.717, 1.165) is 0 Å². The third-order valence-electron chi connectivity index (χ3n) is 6.72. The Balaban J connectivity index is 1.62. The van der Waals surface area contributed by atoms with Crippen molar-refractivity contribution in [2.75, 3.05) is 6.54 Å². The number of phenols is 2. The molecule has 0 spiro atoms. The van der Waals surface area contributed by atoms with Crippen molar-refractivity contribution < 1.29 is 33.9 Å². The number of aromatic nitrogens is 2. The Labute approximate surface area is 208 Å². The number of aryl methyl sites for hydroxylation is 1. The fourth-order valence-electron chi connectivity index (χ4n) is 4.57. The molecule has 1 aromatic carbocycles. The quantitative estimate of drug-likeness (QED) is 0.226. The van der Waals surface area contributed by atoms with Crippen molar-refractivity contribution in [3.8, 4) is 17.2 Å². The van der Waals surface area contributed by atoms with Crippen LogP contribution in [0.3, 0.4) is 0 Å². The molecule has 0 amide bonds. The lowest BCUT2D eigenvalue weighted by molar-refractivity contribution is -0.123. The van der Waals surface area contributed by atoms with Crippen LogP contribution in [-0.4, -0.2) is 44.2 Å². The number of nitrogens with zero attached hydrogens (tertiary/aromatic N) is 2. The maximum atomic E-state index is 13.8. The van der Waals surface area contributed by atoms with Crippen molar-refractivity contribution >= 4 is 17.3 Å². The van der Waals surface area contributed by atoms with Crippen LogP contribution in [0.4, 0.5) is 0 Å². The summed E-state index contributed by atoms with van der Waals surface area (Å²) in [6.07, 6.45) is 2.35. The number of ether oxygens (including phenoxy) is 1. The van der Waals surface area contributed by atoms with Crippen LogP contribution in [0.15, 0.2) is 27.6 Å². The number of hydrogen-bond acceptors (Lipinski definition) is 10. The Hall–Kier alpha value is -3.95. The predicted molar refractivity (Wildman–Crippen MR) is 128 cm³/mol. The van der Waals surface area contributed by atoms with Gasteiger partial charge in [-0.15, -0.1) is 0 Å². The first-order chi connectivity index (χ1) is 16.9. The van der Waals surface area contributed by atoms with Crippen molar-refractivity contribution in [2.24, 2.45) is 0 Å². The SMILES string of the molecule is CC(=O)c1c(O)c(C)c(O)c2c1OC1=CC(=O)C(=C(C)NCCCc3nc(C(C)C)no3)C(=O)[C@@]12C. The second-order valence-electron chi connectivity index (χ2n) is 9.62. The van der Waals surface area contributed by atoms with Crippen LogP contribution < -0.4 is 10.1 Å². The molecule has 1 aromatic heterocycles. The van der Waals surface area contributed by atoms with Crippen LogP contribution in [0.25, 0.3) is 0 Å². The van der Waals surface area contributed by atoms with Gasteiger partial charge in [-0.25, -0.2) is 0 Å². The minimum absolute atomic E-state index is 0.00389. The number of carbonyl (C=O) groups is 3. The minimum Gasteiger partial charge on any atom is -0.507 e. The molecule has 2 heterocycles. The van der Waals surface area contributed by atoms with Gasteiger partial charge in [-0.05, 0) is 34.1 Å². The van der Waals surface area contributed by atoms with Gasteiger partial charge in [0.1, 0.15) is 34.0 Å². The Morgan fingerprint density at radius 1 is 1.19 bits per heavy atom. The third kappa shape index (κ3) is 3.77. The molecule has 4 rings (SSSR count). The second-order valence-corrected chi connectivity index (χ2v) is 9.62. The summed E-state index contributed by atoms with van der Waals surface area (Å²) in [6.45, 7) is 10.3. The topological polar surface area (TPSA) is 152 Å². The summed E-state index contributed by atoms with van der Waals surface area (Å²) in [4.78, 5) is 43.3.